The van der Waals surface area contributed by atoms with Gasteiger partial charge in [-0.2, -0.15) is 0 Å². The van der Waals surface area contributed by atoms with E-state index in [1.807, 2.05) is 31.2 Å². The van der Waals surface area contributed by atoms with Crippen molar-refractivity contribution in [1.29, 1.82) is 0 Å². The number of hydrogen-bond acceptors (Lipinski definition) is 4. The standard InChI is InChI=1S/C22H27Cl2N3O4S/c1-5-19(22(29)25-3)26(13-16-8-6-7-15(2)11-16)21(28)14-27(32(4,30)31)20-10-9-17(23)12-18(20)24/h6-12,19H,5,13-14H2,1-4H3,(H,25,29). The number of carbonyl (C=O) groups excluding carboxylic acids is 2. The number of anilines is 1. The molecule has 0 aromatic heterocycles. The molecular weight excluding hydrogens is 473 g/mol. The molecule has 10 heteroatoms. The van der Waals surface area contributed by atoms with Gasteiger partial charge in [0.25, 0.3) is 0 Å². The van der Waals surface area contributed by atoms with E-state index in [9.17, 15) is 18.0 Å². The molecule has 174 valence electrons. The quantitative estimate of drug-likeness (QED) is 0.570. The van der Waals surface area contributed by atoms with Gasteiger partial charge in [-0.15, -0.1) is 0 Å². The van der Waals surface area contributed by atoms with Gasteiger partial charge >= 0.3 is 0 Å². The Labute approximate surface area is 199 Å². The summed E-state index contributed by atoms with van der Waals surface area (Å²) >= 11 is 12.2. The second kappa shape index (κ2) is 11.0. The average molecular weight is 500 g/mol. The molecule has 1 atom stereocenters. The summed E-state index contributed by atoms with van der Waals surface area (Å²) in [6, 6.07) is 11.1. The van der Waals surface area contributed by atoms with Crippen LogP contribution in [0.15, 0.2) is 42.5 Å². The molecule has 1 N–H and O–H groups in total. The van der Waals surface area contributed by atoms with Crippen molar-refractivity contribution in [2.45, 2.75) is 32.9 Å². The lowest BCUT2D eigenvalue weighted by molar-refractivity contribution is -0.140. The van der Waals surface area contributed by atoms with Gasteiger partial charge in [0.1, 0.15) is 12.6 Å². The third-order valence-electron chi connectivity index (χ3n) is 4.93. The largest absolute Gasteiger partial charge is 0.357 e. The number of nitrogens with zero attached hydrogens (tertiary/aromatic N) is 2. The lowest BCUT2D eigenvalue weighted by atomic mass is 10.1. The van der Waals surface area contributed by atoms with Gasteiger partial charge in [-0.3, -0.25) is 13.9 Å². The van der Waals surface area contributed by atoms with Crippen molar-refractivity contribution in [2.75, 3.05) is 24.2 Å². The molecule has 2 aromatic rings. The van der Waals surface area contributed by atoms with Crippen molar-refractivity contribution in [3.63, 3.8) is 0 Å². The maximum atomic E-state index is 13.4. The number of sulfonamides is 1. The first-order chi connectivity index (χ1) is 15.0. The lowest BCUT2D eigenvalue weighted by Crippen LogP contribution is -2.51. The Morgan fingerprint density at radius 3 is 2.34 bits per heavy atom. The number of amides is 2. The summed E-state index contributed by atoms with van der Waals surface area (Å²) in [5.41, 5.74) is 1.97. The highest BCUT2D eigenvalue weighted by atomic mass is 35.5. The van der Waals surface area contributed by atoms with E-state index >= 15 is 0 Å². The number of aryl methyl sites for hydroxylation is 1. The zero-order chi connectivity index (χ0) is 24.1. The molecule has 1 unspecified atom stereocenters. The molecule has 2 rings (SSSR count). The number of carbonyl (C=O) groups is 2. The molecule has 0 fully saturated rings. The minimum absolute atomic E-state index is 0.0966. The summed E-state index contributed by atoms with van der Waals surface area (Å²) in [4.78, 5) is 27.3. The van der Waals surface area contributed by atoms with Crippen molar-refractivity contribution >= 4 is 50.7 Å². The number of halogens is 2. The van der Waals surface area contributed by atoms with E-state index in [-0.39, 0.29) is 23.2 Å². The van der Waals surface area contributed by atoms with Crippen molar-refractivity contribution in [3.05, 3.63) is 63.6 Å². The van der Waals surface area contributed by atoms with Crippen LogP contribution in [0.5, 0.6) is 0 Å². The van der Waals surface area contributed by atoms with Crippen molar-refractivity contribution < 1.29 is 18.0 Å². The maximum absolute atomic E-state index is 13.4. The minimum Gasteiger partial charge on any atom is -0.357 e. The zero-order valence-corrected chi connectivity index (χ0v) is 20.8. The third-order valence-corrected chi connectivity index (χ3v) is 6.59. The molecule has 0 radical (unpaired) electrons. The molecule has 0 saturated carbocycles. The van der Waals surface area contributed by atoms with E-state index in [4.69, 9.17) is 23.2 Å². The van der Waals surface area contributed by atoms with Crippen LogP contribution in [0.4, 0.5) is 5.69 Å². The summed E-state index contributed by atoms with van der Waals surface area (Å²) in [6.07, 6.45) is 1.35. The number of benzene rings is 2. The maximum Gasteiger partial charge on any atom is 0.244 e. The Bertz CT molecular complexity index is 1090. The predicted molar refractivity (Wildman–Crippen MR) is 129 cm³/mol. The van der Waals surface area contributed by atoms with Crippen LogP contribution >= 0.6 is 23.2 Å². The van der Waals surface area contributed by atoms with E-state index in [1.165, 1.54) is 30.1 Å². The van der Waals surface area contributed by atoms with Crippen LogP contribution in [-0.2, 0) is 26.2 Å². The molecule has 2 aromatic carbocycles. The second-order valence-electron chi connectivity index (χ2n) is 7.41. The average Bonchev–Trinajstić information content (AvgIpc) is 2.71. The normalized spacial score (nSPS) is 12.2. The molecule has 0 heterocycles. The highest BCUT2D eigenvalue weighted by Crippen LogP contribution is 2.30. The fraction of sp³-hybridized carbons (Fsp3) is 0.364. The number of likely N-dealkylation sites (N-methyl/N-ethyl adjacent to an activating group) is 1. The Morgan fingerprint density at radius 2 is 1.81 bits per heavy atom. The van der Waals surface area contributed by atoms with Gasteiger partial charge in [0, 0.05) is 18.6 Å². The smallest absolute Gasteiger partial charge is 0.244 e. The van der Waals surface area contributed by atoms with Gasteiger partial charge in [-0.1, -0.05) is 60.0 Å². The van der Waals surface area contributed by atoms with Crippen LogP contribution in [-0.4, -0.2) is 51.0 Å². The van der Waals surface area contributed by atoms with Gasteiger partial charge in [0.05, 0.1) is 17.0 Å². The van der Waals surface area contributed by atoms with Crippen LogP contribution in [0.3, 0.4) is 0 Å². The van der Waals surface area contributed by atoms with Crippen LogP contribution in [0.25, 0.3) is 0 Å². The van der Waals surface area contributed by atoms with Gasteiger partial charge in [0.2, 0.25) is 21.8 Å². The topological polar surface area (TPSA) is 86.8 Å². The summed E-state index contributed by atoms with van der Waals surface area (Å²) in [7, 11) is -2.37. The molecule has 0 aliphatic heterocycles. The molecule has 32 heavy (non-hydrogen) atoms. The van der Waals surface area contributed by atoms with E-state index in [0.29, 0.717) is 11.4 Å². The summed E-state index contributed by atoms with van der Waals surface area (Å²) < 4.78 is 26.0. The lowest BCUT2D eigenvalue weighted by Gasteiger charge is -2.32. The van der Waals surface area contributed by atoms with Gasteiger partial charge < -0.3 is 10.2 Å². The first kappa shape index (κ1) is 26.0. The molecule has 0 aliphatic carbocycles. The van der Waals surface area contributed by atoms with E-state index < -0.39 is 28.5 Å². The highest BCUT2D eigenvalue weighted by molar-refractivity contribution is 7.92. The highest BCUT2D eigenvalue weighted by Gasteiger charge is 2.31. The van der Waals surface area contributed by atoms with Crippen molar-refractivity contribution in [3.8, 4) is 0 Å². The Kier molecular flexibility index (Phi) is 8.95. The Hall–Kier alpha value is -2.29. The number of nitrogens with one attached hydrogen (secondary N) is 1. The Balaban J connectivity index is 2.46. The van der Waals surface area contributed by atoms with Gasteiger partial charge in [0.15, 0.2) is 0 Å². The molecule has 7 nitrogen and oxygen atoms in total. The van der Waals surface area contributed by atoms with E-state index in [0.717, 1.165) is 21.7 Å². The first-order valence-electron chi connectivity index (χ1n) is 9.97. The first-order valence-corrected chi connectivity index (χ1v) is 12.6. The molecule has 0 bridgehead atoms. The van der Waals surface area contributed by atoms with Gasteiger partial charge in [-0.25, -0.2) is 8.42 Å². The minimum atomic E-state index is -3.86. The number of rotatable bonds is 9. The molecule has 0 saturated heterocycles. The summed E-state index contributed by atoms with van der Waals surface area (Å²) in [5, 5.41) is 3.01. The molecule has 2 amide bonds. The van der Waals surface area contributed by atoms with E-state index in [2.05, 4.69) is 5.32 Å². The molecule has 0 spiro atoms. The van der Waals surface area contributed by atoms with Crippen LogP contribution in [0.2, 0.25) is 10.0 Å². The van der Waals surface area contributed by atoms with E-state index in [1.54, 1.807) is 6.92 Å². The molecular formula is C22H27Cl2N3O4S. The van der Waals surface area contributed by atoms with Crippen LogP contribution in [0, 0.1) is 6.92 Å². The van der Waals surface area contributed by atoms with Crippen LogP contribution in [0.1, 0.15) is 24.5 Å². The summed E-state index contributed by atoms with van der Waals surface area (Å²) in [5.74, 6) is -0.859. The van der Waals surface area contributed by atoms with Crippen LogP contribution < -0.4 is 9.62 Å². The number of hydrogen-bond donors (Lipinski definition) is 1. The van der Waals surface area contributed by atoms with Crippen molar-refractivity contribution in [1.82, 2.24) is 10.2 Å². The van der Waals surface area contributed by atoms with Crippen molar-refractivity contribution in [2.24, 2.45) is 0 Å². The fourth-order valence-corrected chi connectivity index (χ4v) is 4.79. The second-order valence-corrected chi connectivity index (χ2v) is 10.2. The summed E-state index contributed by atoms with van der Waals surface area (Å²) in [6.45, 7) is 3.36. The zero-order valence-electron chi connectivity index (χ0n) is 18.4. The predicted octanol–water partition coefficient (Wildman–Crippen LogP) is 3.62. The SMILES string of the molecule is CCC(C(=O)NC)N(Cc1cccc(C)c1)C(=O)CN(c1ccc(Cl)cc1Cl)S(C)(=O)=O. The Morgan fingerprint density at radius 1 is 1.12 bits per heavy atom. The van der Waals surface area contributed by atoms with Gasteiger partial charge in [-0.05, 0) is 37.1 Å². The monoisotopic (exact) mass is 499 g/mol. The fourth-order valence-electron chi connectivity index (χ4n) is 3.37. The molecule has 0 aliphatic rings. The third kappa shape index (κ3) is 6.60.